The van der Waals surface area contributed by atoms with Gasteiger partial charge < -0.3 is 23.9 Å². The molecular weight excluding hydrogens is 434 g/mol. The Hall–Kier alpha value is -4.07. The van der Waals surface area contributed by atoms with Crippen LogP contribution in [-0.4, -0.2) is 35.7 Å². The zero-order chi connectivity index (χ0) is 24.1. The summed E-state index contributed by atoms with van der Waals surface area (Å²) in [6, 6.07) is 12.5. The molecular formula is C26H27N3O5. The molecule has 0 unspecified atom stereocenters. The summed E-state index contributed by atoms with van der Waals surface area (Å²) < 4.78 is 23.0. The van der Waals surface area contributed by atoms with Crippen molar-refractivity contribution in [3.8, 4) is 28.7 Å². The van der Waals surface area contributed by atoms with Crippen molar-refractivity contribution in [2.24, 2.45) is 0 Å². The quantitative estimate of drug-likeness (QED) is 0.344. The summed E-state index contributed by atoms with van der Waals surface area (Å²) in [6.07, 6.45) is 1.67. The number of oxazole rings is 1. The molecule has 0 saturated carbocycles. The number of fused-ring (bicyclic) bond motifs is 1. The number of hydrogen-bond acceptors (Lipinski definition) is 7. The van der Waals surface area contributed by atoms with Crippen LogP contribution in [0.15, 0.2) is 53.1 Å². The first-order valence-corrected chi connectivity index (χ1v) is 11.2. The smallest absolute Gasteiger partial charge is 0.255 e. The van der Waals surface area contributed by atoms with Crippen molar-refractivity contribution in [1.29, 1.82) is 0 Å². The van der Waals surface area contributed by atoms with Gasteiger partial charge in [-0.25, -0.2) is 4.98 Å². The highest BCUT2D eigenvalue weighted by atomic mass is 16.5. The third-order valence-electron chi connectivity index (χ3n) is 5.06. The second kappa shape index (κ2) is 10.2. The minimum absolute atomic E-state index is 0.306. The van der Waals surface area contributed by atoms with Crippen LogP contribution >= 0.6 is 0 Å². The van der Waals surface area contributed by atoms with Crippen molar-refractivity contribution in [3.05, 3.63) is 59.8 Å². The van der Waals surface area contributed by atoms with Gasteiger partial charge in [-0.05, 0) is 69.7 Å². The topological polar surface area (TPSA) is 95.7 Å². The van der Waals surface area contributed by atoms with Crippen molar-refractivity contribution < 1.29 is 23.4 Å². The first kappa shape index (κ1) is 23.1. The van der Waals surface area contributed by atoms with Crippen molar-refractivity contribution in [2.45, 2.75) is 27.7 Å². The molecule has 34 heavy (non-hydrogen) atoms. The fourth-order valence-electron chi connectivity index (χ4n) is 3.54. The van der Waals surface area contributed by atoms with Gasteiger partial charge in [-0.2, -0.15) is 4.98 Å². The Labute approximate surface area is 197 Å². The van der Waals surface area contributed by atoms with E-state index in [1.807, 2.05) is 52.0 Å². The van der Waals surface area contributed by atoms with Gasteiger partial charge in [0, 0.05) is 23.0 Å². The maximum absolute atomic E-state index is 13.2. The molecule has 2 aromatic carbocycles. The lowest BCUT2D eigenvalue weighted by Gasteiger charge is -2.17. The molecule has 4 aromatic rings. The number of pyridine rings is 1. The van der Waals surface area contributed by atoms with E-state index in [0.717, 1.165) is 11.1 Å². The number of ether oxygens (including phenoxy) is 3. The van der Waals surface area contributed by atoms with Gasteiger partial charge >= 0.3 is 0 Å². The minimum atomic E-state index is -0.306. The molecule has 2 heterocycles. The first-order valence-electron chi connectivity index (χ1n) is 11.2. The summed E-state index contributed by atoms with van der Waals surface area (Å²) in [5, 5.41) is 2.94. The number of rotatable bonds is 9. The molecule has 0 spiro atoms. The summed E-state index contributed by atoms with van der Waals surface area (Å²) in [7, 11) is 0. The summed E-state index contributed by atoms with van der Waals surface area (Å²) >= 11 is 0. The Bertz CT molecular complexity index is 1260. The summed E-state index contributed by atoms with van der Waals surface area (Å²) in [6.45, 7) is 8.89. The Balaban J connectivity index is 1.65. The number of aromatic nitrogens is 2. The van der Waals surface area contributed by atoms with Crippen LogP contribution in [0, 0.1) is 6.92 Å². The maximum atomic E-state index is 13.2. The van der Waals surface area contributed by atoms with Crippen molar-refractivity contribution >= 4 is 22.8 Å². The van der Waals surface area contributed by atoms with Crippen LogP contribution in [0.2, 0.25) is 0 Å². The van der Waals surface area contributed by atoms with E-state index < -0.39 is 0 Å². The van der Waals surface area contributed by atoms with Gasteiger partial charge in [0.05, 0.1) is 19.8 Å². The molecule has 8 nitrogen and oxygen atoms in total. The lowest BCUT2D eigenvalue weighted by molar-refractivity contribution is 0.102. The number of hydrogen-bond donors (Lipinski definition) is 1. The van der Waals surface area contributed by atoms with Crippen LogP contribution in [0.4, 0.5) is 5.69 Å². The fourth-order valence-corrected chi connectivity index (χ4v) is 3.54. The summed E-state index contributed by atoms with van der Waals surface area (Å²) in [5.41, 5.74) is 3.87. The third-order valence-corrected chi connectivity index (χ3v) is 5.06. The Morgan fingerprint density at radius 3 is 2.32 bits per heavy atom. The molecule has 4 rings (SSSR count). The molecule has 0 radical (unpaired) electrons. The van der Waals surface area contributed by atoms with E-state index in [1.54, 1.807) is 24.4 Å². The molecule has 0 bridgehead atoms. The molecule has 2 aromatic heterocycles. The molecule has 0 atom stereocenters. The largest absolute Gasteiger partial charge is 0.490 e. The predicted molar refractivity (Wildman–Crippen MR) is 130 cm³/mol. The number of nitrogens with zero attached hydrogens (tertiary/aromatic N) is 2. The van der Waals surface area contributed by atoms with Crippen molar-refractivity contribution in [1.82, 2.24) is 9.97 Å². The molecule has 0 aliphatic carbocycles. The van der Waals surface area contributed by atoms with E-state index in [4.69, 9.17) is 18.6 Å². The van der Waals surface area contributed by atoms with E-state index in [-0.39, 0.29) is 5.91 Å². The number of benzene rings is 2. The number of carbonyl (C=O) groups excluding carboxylic acids is 1. The standard InChI is InChI=1S/C26H27N3O5/c1-5-31-21-13-17(14-22(32-6-2)23(21)33-7-3)25(30)28-18-11-10-16(4)19(15-18)26-29-24-20(34-26)9-8-12-27-24/h8-15H,5-7H2,1-4H3,(H,28,30). The maximum Gasteiger partial charge on any atom is 0.255 e. The van der Waals surface area contributed by atoms with Crippen LogP contribution in [0.5, 0.6) is 17.2 Å². The van der Waals surface area contributed by atoms with Crippen LogP contribution in [0.1, 0.15) is 36.7 Å². The van der Waals surface area contributed by atoms with Gasteiger partial charge in [-0.1, -0.05) is 6.07 Å². The van der Waals surface area contributed by atoms with Gasteiger partial charge in [-0.15, -0.1) is 0 Å². The monoisotopic (exact) mass is 461 g/mol. The van der Waals surface area contributed by atoms with E-state index in [0.29, 0.717) is 65.4 Å². The Kier molecular flexibility index (Phi) is 6.96. The van der Waals surface area contributed by atoms with Gasteiger partial charge in [0.1, 0.15) is 0 Å². The molecule has 0 aliphatic rings. The lowest BCUT2D eigenvalue weighted by Crippen LogP contribution is -2.13. The van der Waals surface area contributed by atoms with E-state index in [1.165, 1.54) is 0 Å². The SMILES string of the molecule is CCOc1cc(C(=O)Nc2ccc(C)c(-c3nc4ncccc4o3)c2)cc(OCC)c1OCC. The normalized spacial score (nSPS) is 10.8. The van der Waals surface area contributed by atoms with Gasteiger partial charge in [0.25, 0.3) is 5.91 Å². The molecule has 0 fully saturated rings. The second-order valence-electron chi connectivity index (χ2n) is 7.43. The number of anilines is 1. The van der Waals surface area contributed by atoms with Gasteiger partial charge in [0.15, 0.2) is 22.7 Å². The highest BCUT2D eigenvalue weighted by molar-refractivity contribution is 6.05. The second-order valence-corrected chi connectivity index (χ2v) is 7.43. The molecule has 1 amide bonds. The van der Waals surface area contributed by atoms with Crippen molar-refractivity contribution in [2.75, 3.05) is 25.1 Å². The van der Waals surface area contributed by atoms with Crippen molar-refractivity contribution in [3.63, 3.8) is 0 Å². The number of aryl methyl sites for hydroxylation is 1. The highest BCUT2D eigenvalue weighted by Gasteiger charge is 2.19. The molecule has 0 aliphatic heterocycles. The van der Waals surface area contributed by atoms with E-state index in [2.05, 4.69) is 15.3 Å². The molecule has 8 heteroatoms. The zero-order valence-corrected chi connectivity index (χ0v) is 19.7. The van der Waals surface area contributed by atoms with Crippen LogP contribution in [0.25, 0.3) is 22.7 Å². The summed E-state index contributed by atoms with van der Waals surface area (Å²) in [5.74, 6) is 1.55. The average molecular weight is 462 g/mol. The third kappa shape index (κ3) is 4.80. The lowest BCUT2D eigenvalue weighted by atomic mass is 10.1. The molecule has 1 N–H and O–H groups in total. The number of amides is 1. The van der Waals surface area contributed by atoms with Gasteiger partial charge in [0.2, 0.25) is 11.6 Å². The summed E-state index contributed by atoms with van der Waals surface area (Å²) in [4.78, 5) is 21.9. The van der Waals surface area contributed by atoms with Crippen LogP contribution in [-0.2, 0) is 0 Å². The number of carbonyl (C=O) groups is 1. The van der Waals surface area contributed by atoms with Gasteiger partial charge in [-0.3, -0.25) is 4.79 Å². The molecule has 176 valence electrons. The molecule has 0 saturated heterocycles. The zero-order valence-electron chi connectivity index (χ0n) is 19.7. The fraction of sp³-hybridized carbons (Fsp3) is 0.269. The van der Waals surface area contributed by atoms with E-state index in [9.17, 15) is 4.79 Å². The van der Waals surface area contributed by atoms with Crippen LogP contribution < -0.4 is 19.5 Å². The number of nitrogens with one attached hydrogen (secondary N) is 1. The minimum Gasteiger partial charge on any atom is -0.490 e. The highest BCUT2D eigenvalue weighted by Crippen LogP contribution is 2.39. The predicted octanol–water partition coefficient (Wildman–Crippen LogP) is 5.65. The Morgan fingerprint density at radius 2 is 1.68 bits per heavy atom. The average Bonchev–Trinajstić information content (AvgIpc) is 3.26. The van der Waals surface area contributed by atoms with E-state index >= 15 is 0 Å². The first-order chi connectivity index (χ1) is 16.5. The van der Waals surface area contributed by atoms with Crippen LogP contribution in [0.3, 0.4) is 0 Å². The Morgan fingerprint density at radius 1 is 0.971 bits per heavy atom.